The van der Waals surface area contributed by atoms with Gasteiger partial charge in [0.15, 0.2) is 0 Å². The Labute approximate surface area is 88.2 Å². The van der Waals surface area contributed by atoms with Crippen molar-refractivity contribution in [1.82, 2.24) is 0 Å². The van der Waals surface area contributed by atoms with Gasteiger partial charge in [-0.15, -0.1) is 0 Å². The molecule has 14 heavy (non-hydrogen) atoms. The molecule has 2 unspecified atom stereocenters. The first kappa shape index (κ1) is 10.2. The summed E-state index contributed by atoms with van der Waals surface area (Å²) in [5, 5.41) is 0. The lowest BCUT2D eigenvalue weighted by Crippen LogP contribution is -2.17. The molecule has 0 aromatic rings. The Morgan fingerprint density at radius 1 is 1.50 bits per heavy atom. The normalized spacial score (nSPS) is 35.8. The highest BCUT2D eigenvalue weighted by atomic mass is 32.2. The lowest BCUT2D eigenvalue weighted by atomic mass is 10.1. The Balaban J connectivity index is 1.77. The third kappa shape index (κ3) is 2.02. The fraction of sp³-hybridized carbons (Fsp3) is 0.818. The summed E-state index contributed by atoms with van der Waals surface area (Å²) < 4.78 is 16.8. The molecule has 1 saturated carbocycles. The standard InChI is InChI=1S/C11H18O2S/c1-2-11(9-14(11)12)8-13-7-10-5-3-4-6-10/h7H,2-6,8-9H2,1H3. The average molecular weight is 214 g/mol. The van der Waals surface area contributed by atoms with Gasteiger partial charge in [-0.1, -0.05) is 6.92 Å². The minimum absolute atomic E-state index is 0.00959. The van der Waals surface area contributed by atoms with E-state index in [9.17, 15) is 4.21 Å². The summed E-state index contributed by atoms with van der Waals surface area (Å²) in [6, 6.07) is 0. The van der Waals surface area contributed by atoms with Crippen LogP contribution in [-0.2, 0) is 15.5 Å². The fourth-order valence-electron chi connectivity index (χ4n) is 1.94. The second kappa shape index (κ2) is 4.05. The molecule has 0 aromatic carbocycles. The van der Waals surface area contributed by atoms with E-state index in [0.717, 1.165) is 12.2 Å². The molecule has 0 amide bonds. The van der Waals surface area contributed by atoms with Gasteiger partial charge in [0, 0.05) is 16.6 Å². The number of hydrogen-bond donors (Lipinski definition) is 0. The van der Waals surface area contributed by atoms with Gasteiger partial charge in [-0.05, 0) is 37.7 Å². The van der Waals surface area contributed by atoms with Crippen molar-refractivity contribution >= 4 is 10.8 Å². The summed E-state index contributed by atoms with van der Waals surface area (Å²) in [5.74, 6) is 0.840. The van der Waals surface area contributed by atoms with Gasteiger partial charge < -0.3 is 4.74 Å². The molecule has 3 heteroatoms. The van der Waals surface area contributed by atoms with Crippen LogP contribution in [0.25, 0.3) is 0 Å². The van der Waals surface area contributed by atoms with Crippen LogP contribution in [0.3, 0.4) is 0 Å². The van der Waals surface area contributed by atoms with Crippen LogP contribution in [0.2, 0.25) is 0 Å². The average Bonchev–Trinajstić information content (AvgIpc) is 2.65. The SMILES string of the molecule is CCC1(COC=C2CCCC2)CS1=O. The molecule has 2 nitrogen and oxygen atoms in total. The monoisotopic (exact) mass is 214 g/mol. The number of allylic oxidation sites excluding steroid dienone is 1. The third-order valence-electron chi connectivity index (χ3n) is 3.27. The van der Waals surface area contributed by atoms with Crippen molar-refractivity contribution < 1.29 is 8.95 Å². The Morgan fingerprint density at radius 2 is 2.14 bits per heavy atom. The first-order valence-electron chi connectivity index (χ1n) is 5.45. The number of rotatable bonds is 4. The minimum Gasteiger partial charge on any atom is -0.500 e. The third-order valence-corrected chi connectivity index (χ3v) is 5.26. The van der Waals surface area contributed by atoms with Crippen LogP contribution in [0, 0.1) is 0 Å². The summed E-state index contributed by atoms with van der Waals surface area (Å²) >= 11 is 0. The quantitative estimate of drug-likeness (QED) is 0.530. The predicted octanol–water partition coefficient (Wildman–Crippen LogP) is 2.37. The molecule has 1 heterocycles. The van der Waals surface area contributed by atoms with Gasteiger partial charge in [0.1, 0.15) is 6.61 Å². The molecule has 0 spiro atoms. The van der Waals surface area contributed by atoms with E-state index < -0.39 is 10.8 Å². The molecule has 1 saturated heterocycles. The molecule has 2 rings (SSSR count). The summed E-state index contributed by atoms with van der Waals surface area (Å²) in [7, 11) is -0.615. The van der Waals surface area contributed by atoms with E-state index in [-0.39, 0.29) is 4.75 Å². The van der Waals surface area contributed by atoms with Crippen LogP contribution in [0.1, 0.15) is 39.0 Å². The highest BCUT2D eigenvalue weighted by Gasteiger charge is 2.51. The first-order valence-corrected chi connectivity index (χ1v) is 6.77. The topological polar surface area (TPSA) is 26.3 Å². The van der Waals surface area contributed by atoms with Crippen molar-refractivity contribution in [2.45, 2.75) is 43.8 Å². The van der Waals surface area contributed by atoms with Gasteiger partial charge in [0.25, 0.3) is 0 Å². The molecular formula is C11H18O2S. The molecule has 2 aliphatic rings. The van der Waals surface area contributed by atoms with Crippen molar-refractivity contribution in [2.24, 2.45) is 0 Å². The molecule has 2 atom stereocenters. The van der Waals surface area contributed by atoms with Crippen LogP contribution < -0.4 is 0 Å². The summed E-state index contributed by atoms with van der Waals surface area (Å²) in [6.07, 6.45) is 7.90. The van der Waals surface area contributed by atoms with Crippen LogP contribution in [0.4, 0.5) is 0 Å². The second-order valence-electron chi connectivity index (χ2n) is 4.32. The smallest absolute Gasteiger partial charge is 0.105 e. The first-order chi connectivity index (χ1) is 6.77. The van der Waals surface area contributed by atoms with E-state index >= 15 is 0 Å². The van der Waals surface area contributed by atoms with Crippen LogP contribution >= 0.6 is 0 Å². The highest BCUT2D eigenvalue weighted by Crippen LogP contribution is 2.36. The van der Waals surface area contributed by atoms with E-state index in [2.05, 4.69) is 6.92 Å². The largest absolute Gasteiger partial charge is 0.500 e. The van der Waals surface area contributed by atoms with Gasteiger partial charge >= 0.3 is 0 Å². The Bertz CT molecular complexity index is 264. The lowest BCUT2D eigenvalue weighted by Gasteiger charge is -2.09. The van der Waals surface area contributed by atoms with E-state index in [0.29, 0.717) is 6.61 Å². The van der Waals surface area contributed by atoms with Crippen LogP contribution in [0.15, 0.2) is 11.8 Å². The summed E-state index contributed by atoms with van der Waals surface area (Å²) in [4.78, 5) is 0. The molecule has 1 aliphatic carbocycles. The highest BCUT2D eigenvalue weighted by molar-refractivity contribution is 7.94. The number of ether oxygens (including phenoxy) is 1. The van der Waals surface area contributed by atoms with E-state index in [1.807, 2.05) is 6.26 Å². The second-order valence-corrected chi connectivity index (χ2v) is 6.17. The molecule has 1 aliphatic heterocycles. The zero-order valence-corrected chi connectivity index (χ0v) is 9.57. The molecular weight excluding hydrogens is 196 g/mol. The lowest BCUT2D eigenvalue weighted by molar-refractivity contribution is 0.224. The minimum atomic E-state index is -0.615. The molecule has 0 radical (unpaired) electrons. The predicted molar refractivity (Wildman–Crippen MR) is 58.5 cm³/mol. The van der Waals surface area contributed by atoms with Gasteiger partial charge in [0.05, 0.1) is 11.0 Å². The Morgan fingerprint density at radius 3 is 2.64 bits per heavy atom. The van der Waals surface area contributed by atoms with E-state index in [1.165, 1.54) is 31.3 Å². The fourth-order valence-corrected chi connectivity index (χ4v) is 3.31. The van der Waals surface area contributed by atoms with Gasteiger partial charge in [-0.25, -0.2) is 0 Å². The van der Waals surface area contributed by atoms with Crippen LogP contribution in [0.5, 0.6) is 0 Å². The molecule has 0 bridgehead atoms. The maximum Gasteiger partial charge on any atom is 0.105 e. The van der Waals surface area contributed by atoms with Crippen molar-refractivity contribution in [3.8, 4) is 0 Å². The zero-order chi connectivity index (χ0) is 10.0. The van der Waals surface area contributed by atoms with Crippen molar-refractivity contribution in [3.63, 3.8) is 0 Å². The summed E-state index contributed by atoms with van der Waals surface area (Å²) in [6.45, 7) is 2.75. The zero-order valence-electron chi connectivity index (χ0n) is 8.75. The number of hydrogen-bond acceptors (Lipinski definition) is 2. The van der Waals surface area contributed by atoms with Gasteiger partial charge in [-0.3, -0.25) is 4.21 Å². The Kier molecular flexibility index (Phi) is 2.96. The summed E-state index contributed by atoms with van der Waals surface area (Å²) in [5.41, 5.74) is 1.43. The molecule has 80 valence electrons. The molecule has 2 fully saturated rings. The van der Waals surface area contributed by atoms with Gasteiger partial charge in [0.2, 0.25) is 0 Å². The van der Waals surface area contributed by atoms with Crippen molar-refractivity contribution in [1.29, 1.82) is 0 Å². The molecule has 0 N–H and O–H groups in total. The molecule has 0 aromatic heterocycles. The van der Waals surface area contributed by atoms with E-state index in [4.69, 9.17) is 4.74 Å². The van der Waals surface area contributed by atoms with Crippen LogP contribution in [-0.4, -0.2) is 21.3 Å². The van der Waals surface area contributed by atoms with Crippen molar-refractivity contribution in [3.05, 3.63) is 11.8 Å². The van der Waals surface area contributed by atoms with E-state index in [1.54, 1.807) is 0 Å². The maximum absolute atomic E-state index is 11.3. The Hall–Kier alpha value is -0.310. The van der Waals surface area contributed by atoms with Crippen molar-refractivity contribution in [2.75, 3.05) is 12.4 Å². The van der Waals surface area contributed by atoms with Gasteiger partial charge in [-0.2, -0.15) is 0 Å². The maximum atomic E-state index is 11.3.